The predicted octanol–water partition coefficient (Wildman–Crippen LogP) is -0.309. The highest BCUT2D eigenvalue weighted by Gasteiger charge is 1.90. The van der Waals surface area contributed by atoms with Crippen molar-refractivity contribution >= 4 is 6.09 Å². The van der Waals surface area contributed by atoms with Crippen molar-refractivity contribution in [2.45, 2.75) is 6.42 Å². The first-order valence-corrected chi connectivity index (χ1v) is 2.84. The van der Waals surface area contributed by atoms with E-state index in [1.807, 2.05) is 7.05 Å². The fourth-order valence-electron chi connectivity index (χ4n) is 0.422. The molecule has 0 rings (SSSR count). The minimum Gasteiger partial charge on any atom is -0.450 e. The molecular formula is C5H12N2O2. The number of primary amides is 1. The van der Waals surface area contributed by atoms with Crippen LogP contribution in [0.25, 0.3) is 0 Å². The molecule has 1 amide bonds. The Morgan fingerprint density at radius 1 is 1.78 bits per heavy atom. The van der Waals surface area contributed by atoms with E-state index >= 15 is 0 Å². The van der Waals surface area contributed by atoms with Gasteiger partial charge in [0.2, 0.25) is 0 Å². The van der Waals surface area contributed by atoms with Gasteiger partial charge in [-0.1, -0.05) is 0 Å². The third kappa shape index (κ3) is 7.23. The molecule has 0 atom stereocenters. The van der Waals surface area contributed by atoms with Crippen LogP contribution in [0.1, 0.15) is 6.42 Å². The lowest BCUT2D eigenvalue weighted by atomic mass is 10.5. The van der Waals surface area contributed by atoms with Crippen molar-refractivity contribution in [3.63, 3.8) is 0 Å². The van der Waals surface area contributed by atoms with Crippen LogP contribution in [0.2, 0.25) is 0 Å². The van der Waals surface area contributed by atoms with Crippen molar-refractivity contribution < 1.29 is 9.53 Å². The van der Waals surface area contributed by atoms with Gasteiger partial charge in [0.1, 0.15) is 0 Å². The molecule has 0 saturated carbocycles. The Bertz CT molecular complexity index is 85.0. The van der Waals surface area contributed by atoms with Crippen LogP contribution in [0, 0.1) is 0 Å². The minimum absolute atomic E-state index is 0.399. The van der Waals surface area contributed by atoms with Gasteiger partial charge in [0.15, 0.2) is 0 Å². The summed E-state index contributed by atoms with van der Waals surface area (Å²) in [7, 11) is 1.84. The zero-order chi connectivity index (χ0) is 7.11. The zero-order valence-electron chi connectivity index (χ0n) is 5.52. The Balaban J connectivity index is 2.83. The monoisotopic (exact) mass is 132 g/mol. The number of hydrogen-bond donors (Lipinski definition) is 2. The fourth-order valence-corrected chi connectivity index (χ4v) is 0.422. The van der Waals surface area contributed by atoms with Crippen LogP contribution in [0.3, 0.4) is 0 Å². The molecule has 3 N–H and O–H groups in total. The molecule has 4 heteroatoms. The van der Waals surface area contributed by atoms with Crippen molar-refractivity contribution in [2.75, 3.05) is 20.2 Å². The molecule has 0 heterocycles. The maximum absolute atomic E-state index is 9.94. The van der Waals surface area contributed by atoms with Crippen LogP contribution in [-0.4, -0.2) is 26.3 Å². The van der Waals surface area contributed by atoms with Gasteiger partial charge in [-0.2, -0.15) is 0 Å². The first-order chi connectivity index (χ1) is 4.27. The SMILES string of the molecule is CNCCCOC(N)=O. The van der Waals surface area contributed by atoms with Gasteiger partial charge in [0.05, 0.1) is 6.61 Å². The molecule has 0 aromatic rings. The van der Waals surface area contributed by atoms with Crippen molar-refractivity contribution in [1.29, 1.82) is 0 Å². The van der Waals surface area contributed by atoms with Crippen LogP contribution in [0.5, 0.6) is 0 Å². The number of nitrogens with one attached hydrogen (secondary N) is 1. The van der Waals surface area contributed by atoms with E-state index in [0.29, 0.717) is 6.61 Å². The third-order valence-corrected chi connectivity index (χ3v) is 0.815. The van der Waals surface area contributed by atoms with Crippen LogP contribution < -0.4 is 11.1 Å². The van der Waals surface area contributed by atoms with Gasteiger partial charge in [-0.3, -0.25) is 0 Å². The van der Waals surface area contributed by atoms with Crippen molar-refractivity contribution in [2.24, 2.45) is 5.73 Å². The van der Waals surface area contributed by atoms with Crippen molar-refractivity contribution in [1.82, 2.24) is 5.32 Å². The Hall–Kier alpha value is -0.770. The van der Waals surface area contributed by atoms with E-state index in [2.05, 4.69) is 10.1 Å². The number of amides is 1. The highest BCUT2D eigenvalue weighted by Crippen LogP contribution is 1.78. The van der Waals surface area contributed by atoms with E-state index in [0.717, 1.165) is 13.0 Å². The summed E-state index contributed by atoms with van der Waals surface area (Å²) in [6.45, 7) is 1.24. The largest absolute Gasteiger partial charge is 0.450 e. The van der Waals surface area contributed by atoms with Gasteiger partial charge < -0.3 is 15.8 Å². The molecule has 0 aliphatic rings. The molecule has 0 fully saturated rings. The molecule has 0 unspecified atom stereocenters. The van der Waals surface area contributed by atoms with E-state index < -0.39 is 6.09 Å². The number of carbonyl (C=O) groups excluding carboxylic acids is 1. The van der Waals surface area contributed by atoms with E-state index in [-0.39, 0.29) is 0 Å². The first-order valence-electron chi connectivity index (χ1n) is 2.84. The summed E-state index contributed by atoms with van der Waals surface area (Å²) in [6.07, 6.45) is 0.102. The topological polar surface area (TPSA) is 64.3 Å². The number of ether oxygens (including phenoxy) is 1. The quantitative estimate of drug-likeness (QED) is 0.516. The molecule has 4 nitrogen and oxygen atoms in total. The highest BCUT2D eigenvalue weighted by atomic mass is 16.5. The average Bonchev–Trinajstić information content (AvgIpc) is 1.80. The molecule has 9 heavy (non-hydrogen) atoms. The molecule has 0 spiro atoms. The number of hydrogen-bond acceptors (Lipinski definition) is 3. The van der Waals surface area contributed by atoms with E-state index in [9.17, 15) is 4.79 Å². The van der Waals surface area contributed by atoms with Gasteiger partial charge in [-0.15, -0.1) is 0 Å². The Labute approximate surface area is 54.4 Å². The van der Waals surface area contributed by atoms with Gasteiger partial charge in [-0.05, 0) is 20.0 Å². The van der Waals surface area contributed by atoms with Crippen molar-refractivity contribution in [3.05, 3.63) is 0 Å². The molecule has 0 aliphatic heterocycles. The smallest absolute Gasteiger partial charge is 0.404 e. The van der Waals surface area contributed by atoms with Crippen LogP contribution in [0.4, 0.5) is 4.79 Å². The molecule has 0 bridgehead atoms. The second-order valence-corrected chi connectivity index (χ2v) is 1.62. The summed E-state index contributed by atoms with van der Waals surface area (Å²) in [5.41, 5.74) is 4.69. The number of rotatable bonds is 4. The normalized spacial score (nSPS) is 9.00. The molecule has 0 aliphatic carbocycles. The van der Waals surface area contributed by atoms with Gasteiger partial charge in [0.25, 0.3) is 0 Å². The molecule has 0 aromatic heterocycles. The average molecular weight is 132 g/mol. The maximum atomic E-state index is 9.94. The van der Waals surface area contributed by atoms with Crippen LogP contribution in [0.15, 0.2) is 0 Å². The minimum atomic E-state index is -0.703. The van der Waals surface area contributed by atoms with E-state index in [1.165, 1.54) is 0 Å². The van der Waals surface area contributed by atoms with Crippen molar-refractivity contribution in [3.8, 4) is 0 Å². The van der Waals surface area contributed by atoms with E-state index in [1.54, 1.807) is 0 Å². The molecule has 54 valence electrons. The predicted molar refractivity (Wildman–Crippen MR) is 34.1 cm³/mol. The summed E-state index contributed by atoms with van der Waals surface area (Å²) >= 11 is 0. The molecule has 0 radical (unpaired) electrons. The highest BCUT2D eigenvalue weighted by molar-refractivity contribution is 5.64. The second kappa shape index (κ2) is 5.37. The molecule has 0 saturated heterocycles. The zero-order valence-corrected chi connectivity index (χ0v) is 5.52. The standard InChI is InChI=1S/C5H12N2O2/c1-7-3-2-4-9-5(6)8/h7H,2-4H2,1H3,(H2,6,8). The van der Waals surface area contributed by atoms with Crippen LogP contribution >= 0.6 is 0 Å². The first kappa shape index (κ1) is 8.23. The van der Waals surface area contributed by atoms with Gasteiger partial charge in [0, 0.05) is 0 Å². The second-order valence-electron chi connectivity index (χ2n) is 1.62. The summed E-state index contributed by atoms with van der Waals surface area (Å²) in [5.74, 6) is 0. The van der Waals surface area contributed by atoms with Gasteiger partial charge >= 0.3 is 6.09 Å². The lowest BCUT2D eigenvalue weighted by molar-refractivity contribution is 0.155. The summed E-state index contributed by atoms with van der Waals surface area (Å²) in [4.78, 5) is 9.94. The Kier molecular flexibility index (Phi) is 4.91. The lowest BCUT2D eigenvalue weighted by Crippen LogP contribution is -2.16. The summed E-state index contributed by atoms with van der Waals surface area (Å²) < 4.78 is 4.44. The van der Waals surface area contributed by atoms with Crippen LogP contribution in [-0.2, 0) is 4.74 Å². The van der Waals surface area contributed by atoms with Gasteiger partial charge in [-0.25, -0.2) is 4.79 Å². The molecular weight excluding hydrogens is 120 g/mol. The number of carbonyl (C=O) groups is 1. The summed E-state index contributed by atoms with van der Waals surface area (Å²) in [6, 6.07) is 0. The Morgan fingerprint density at radius 2 is 2.44 bits per heavy atom. The number of nitrogens with two attached hydrogens (primary N) is 1. The third-order valence-electron chi connectivity index (χ3n) is 0.815. The maximum Gasteiger partial charge on any atom is 0.404 e. The Morgan fingerprint density at radius 3 is 2.89 bits per heavy atom. The lowest BCUT2D eigenvalue weighted by Gasteiger charge is -1.98. The summed E-state index contributed by atoms with van der Waals surface area (Å²) in [5, 5.41) is 2.91. The molecule has 0 aromatic carbocycles. The fraction of sp³-hybridized carbons (Fsp3) is 0.800. The van der Waals surface area contributed by atoms with E-state index in [4.69, 9.17) is 5.73 Å².